The first-order valence-electron chi connectivity index (χ1n) is 12.0. The van der Waals surface area contributed by atoms with Gasteiger partial charge in [0, 0.05) is 11.9 Å². The Morgan fingerprint density at radius 2 is 2.06 bits per heavy atom. The monoisotopic (exact) mass is 512 g/mol. The molecule has 36 heavy (non-hydrogen) atoms. The van der Waals surface area contributed by atoms with Crippen molar-refractivity contribution in [1.82, 2.24) is 20.0 Å². The minimum Gasteiger partial charge on any atom is -0.507 e. The van der Waals surface area contributed by atoms with Crippen LogP contribution in [0.1, 0.15) is 47.5 Å². The van der Waals surface area contributed by atoms with Gasteiger partial charge in [0.1, 0.15) is 22.7 Å². The zero-order valence-electron chi connectivity index (χ0n) is 19.8. The number of aromatic nitrogens is 2. The van der Waals surface area contributed by atoms with Gasteiger partial charge < -0.3 is 20.1 Å². The first-order chi connectivity index (χ1) is 17.2. The lowest BCUT2D eigenvalue weighted by Crippen LogP contribution is -2.33. The third-order valence-corrected chi connectivity index (χ3v) is 7.10. The molecule has 0 spiro atoms. The fourth-order valence-corrected chi connectivity index (χ4v) is 5.02. The van der Waals surface area contributed by atoms with Crippen LogP contribution >= 0.6 is 0 Å². The van der Waals surface area contributed by atoms with Crippen molar-refractivity contribution in [3.05, 3.63) is 51.8 Å². The van der Waals surface area contributed by atoms with Crippen LogP contribution in [-0.2, 0) is 10.0 Å². The highest BCUT2D eigenvalue weighted by molar-refractivity contribution is 7.89. The molecule has 1 aliphatic carbocycles. The molecule has 2 aliphatic rings. The fourth-order valence-electron chi connectivity index (χ4n) is 4.57. The van der Waals surface area contributed by atoms with Gasteiger partial charge in [-0.1, -0.05) is 6.07 Å². The SMILES string of the molecule is CS(=O)(=O)NC(=O)c1cc2c(C3CCCNC3)cc(-c3c(O)cccc3OCC3CC3)nc2[nH]c1=O. The number of nitrogens with zero attached hydrogens (tertiary/aromatic N) is 1. The van der Waals surface area contributed by atoms with E-state index in [9.17, 15) is 23.1 Å². The number of carbonyl (C=O) groups is 1. The summed E-state index contributed by atoms with van der Waals surface area (Å²) in [5.41, 5.74) is 0.876. The third kappa shape index (κ3) is 5.21. The predicted molar refractivity (Wildman–Crippen MR) is 135 cm³/mol. The van der Waals surface area contributed by atoms with E-state index >= 15 is 0 Å². The molecule has 10 nitrogen and oxygen atoms in total. The number of phenols is 1. The lowest BCUT2D eigenvalue weighted by molar-refractivity contribution is 0.0980. The first kappa shape index (κ1) is 24.3. The zero-order chi connectivity index (χ0) is 25.4. The number of benzene rings is 1. The summed E-state index contributed by atoms with van der Waals surface area (Å²) in [5.74, 6) is 0.0825. The van der Waals surface area contributed by atoms with Crippen LogP contribution in [0.5, 0.6) is 11.5 Å². The number of aromatic hydroxyl groups is 1. The number of hydrogen-bond acceptors (Lipinski definition) is 8. The lowest BCUT2D eigenvalue weighted by Gasteiger charge is -2.25. The molecule has 1 atom stereocenters. The normalized spacial score (nSPS) is 18.2. The smallest absolute Gasteiger partial charge is 0.270 e. The Labute approximate surface area is 208 Å². The maximum absolute atomic E-state index is 12.8. The van der Waals surface area contributed by atoms with Gasteiger partial charge in [0.25, 0.3) is 11.5 Å². The van der Waals surface area contributed by atoms with Crippen molar-refractivity contribution in [3.8, 4) is 22.8 Å². The molecule has 1 saturated carbocycles. The summed E-state index contributed by atoms with van der Waals surface area (Å²) in [6.45, 7) is 2.14. The Hall–Kier alpha value is -3.44. The summed E-state index contributed by atoms with van der Waals surface area (Å²) >= 11 is 0. The highest BCUT2D eigenvalue weighted by Gasteiger charge is 2.26. The second-order valence-electron chi connectivity index (χ2n) is 9.52. The van der Waals surface area contributed by atoms with Crippen LogP contribution in [0.3, 0.4) is 0 Å². The van der Waals surface area contributed by atoms with Crippen molar-refractivity contribution >= 4 is 27.0 Å². The molecule has 4 N–H and O–H groups in total. The van der Waals surface area contributed by atoms with Gasteiger partial charge in [0.2, 0.25) is 10.0 Å². The fraction of sp³-hybridized carbons (Fsp3) is 0.400. The van der Waals surface area contributed by atoms with Crippen LogP contribution in [0.25, 0.3) is 22.3 Å². The summed E-state index contributed by atoms with van der Waals surface area (Å²) in [6, 6.07) is 8.31. The van der Waals surface area contributed by atoms with E-state index in [4.69, 9.17) is 4.74 Å². The Kier molecular flexibility index (Phi) is 6.44. The van der Waals surface area contributed by atoms with Crippen LogP contribution in [-0.4, -0.2) is 55.4 Å². The van der Waals surface area contributed by atoms with Gasteiger partial charge in [-0.2, -0.15) is 0 Å². The average Bonchev–Trinajstić information content (AvgIpc) is 3.65. The molecule has 5 rings (SSSR count). The molecule has 1 aromatic carbocycles. The molecule has 3 heterocycles. The third-order valence-electron chi connectivity index (χ3n) is 6.55. The first-order valence-corrected chi connectivity index (χ1v) is 13.8. The summed E-state index contributed by atoms with van der Waals surface area (Å²) in [7, 11) is -3.85. The topological polar surface area (TPSA) is 150 Å². The van der Waals surface area contributed by atoms with E-state index in [1.54, 1.807) is 18.2 Å². The van der Waals surface area contributed by atoms with Gasteiger partial charge in [-0.15, -0.1) is 0 Å². The number of nitrogens with one attached hydrogen (secondary N) is 3. The number of sulfonamides is 1. The van der Waals surface area contributed by atoms with E-state index in [1.807, 2.05) is 10.8 Å². The quantitative estimate of drug-likeness (QED) is 0.376. The lowest BCUT2D eigenvalue weighted by atomic mass is 9.88. The number of rotatable bonds is 7. The maximum atomic E-state index is 12.8. The van der Waals surface area contributed by atoms with Crippen LogP contribution < -0.4 is 20.3 Å². The number of piperidine rings is 1. The van der Waals surface area contributed by atoms with E-state index in [-0.39, 0.29) is 22.9 Å². The van der Waals surface area contributed by atoms with Crippen molar-refractivity contribution in [2.24, 2.45) is 5.92 Å². The number of hydrogen-bond donors (Lipinski definition) is 4. The summed E-state index contributed by atoms with van der Waals surface area (Å²) in [4.78, 5) is 32.6. The van der Waals surface area contributed by atoms with Crippen LogP contribution in [0.15, 0.2) is 35.1 Å². The van der Waals surface area contributed by atoms with Crippen LogP contribution in [0.2, 0.25) is 0 Å². The highest BCUT2D eigenvalue weighted by atomic mass is 32.2. The number of amides is 1. The summed E-state index contributed by atoms with van der Waals surface area (Å²) < 4.78 is 31.0. The van der Waals surface area contributed by atoms with Gasteiger partial charge in [-0.05, 0) is 73.9 Å². The second-order valence-corrected chi connectivity index (χ2v) is 11.3. The molecule has 190 valence electrons. The summed E-state index contributed by atoms with van der Waals surface area (Å²) in [6.07, 6.45) is 4.92. The molecular weight excluding hydrogens is 484 g/mol. The van der Waals surface area contributed by atoms with Gasteiger partial charge in [-0.25, -0.2) is 18.1 Å². The molecule has 0 radical (unpaired) electrons. The van der Waals surface area contributed by atoms with E-state index in [1.165, 1.54) is 6.07 Å². The van der Waals surface area contributed by atoms with Crippen molar-refractivity contribution < 1.29 is 23.1 Å². The molecule has 1 unspecified atom stereocenters. The van der Waals surface area contributed by atoms with Crippen molar-refractivity contribution in [3.63, 3.8) is 0 Å². The predicted octanol–water partition coefficient (Wildman–Crippen LogP) is 2.24. The number of pyridine rings is 2. The standard InChI is InChI=1S/C25H28N4O6S/c1-36(33,34)29-25(32)18-10-17-16(15-4-3-9-26-12-15)11-19(27-23(17)28-24(18)31)22-20(30)5-2-6-21(22)35-13-14-7-8-14/h2,5-6,10-11,14-15,26,30H,3-4,7-9,12-13H2,1H3,(H,29,32)(H,27,28,31). The van der Waals surface area contributed by atoms with E-state index < -0.39 is 21.5 Å². The van der Waals surface area contributed by atoms with E-state index in [2.05, 4.69) is 15.3 Å². The van der Waals surface area contributed by atoms with Gasteiger partial charge in [0.15, 0.2) is 0 Å². The molecule has 3 aromatic rings. The number of phenolic OH excluding ortho intramolecular Hbond substituents is 1. The van der Waals surface area contributed by atoms with Crippen LogP contribution in [0, 0.1) is 5.92 Å². The number of aromatic amines is 1. The number of ether oxygens (including phenoxy) is 1. The number of fused-ring (bicyclic) bond motifs is 1. The molecule has 2 fully saturated rings. The second kappa shape index (κ2) is 9.55. The number of H-pyrrole nitrogens is 1. The molecule has 1 saturated heterocycles. The van der Waals surface area contributed by atoms with E-state index in [0.717, 1.165) is 44.0 Å². The highest BCUT2D eigenvalue weighted by Crippen LogP contribution is 2.41. The Balaban J connectivity index is 1.67. The van der Waals surface area contributed by atoms with Gasteiger partial charge >= 0.3 is 0 Å². The maximum Gasteiger partial charge on any atom is 0.270 e. The minimum atomic E-state index is -3.85. The minimum absolute atomic E-state index is 0.00867. The molecule has 2 aromatic heterocycles. The summed E-state index contributed by atoms with van der Waals surface area (Å²) in [5, 5.41) is 14.7. The Morgan fingerprint density at radius 1 is 1.25 bits per heavy atom. The largest absolute Gasteiger partial charge is 0.507 e. The van der Waals surface area contributed by atoms with Crippen molar-refractivity contribution in [1.29, 1.82) is 0 Å². The Morgan fingerprint density at radius 3 is 2.75 bits per heavy atom. The van der Waals surface area contributed by atoms with Crippen molar-refractivity contribution in [2.45, 2.75) is 31.6 Å². The van der Waals surface area contributed by atoms with Gasteiger partial charge in [-0.3, -0.25) is 9.59 Å². The zero-order valence-corrected chi connectivity index (χ0v) is 20.7. The molecule has 1 amide bonds. The molecule has 0 bridgehead atoms. The Bertz CT molecular complexity index is 1490. The van der Waals surface area contributed by atoms with Gasteiger partial charge in [0.05, 0.1) is 24.1 Å². The number of carbonyl (C=O) groups excluding carboxylic acids is 1. The average molecular weight is 513 g/mol. The molecule has 11 heteroatoms. The molecular formula is C25H28N4O6S. The van der Waals surface area contributed by atoms with Crippen LogP contribution in [0.4, 0.5) is 0 Å². The molecule has 1 aliphatic heterocycles. The van der Waals surface area contributed by atoms with E-state index in [0.29, 0.717) is 41.5 Å². The van der Waals surface area contributed by atoms with Crippen molar-refractivity contribution in [2.75, 3.05) is 26.0 Å².